The van der Waals surface area contributed by atoms with E-state index in [1.54, 1.807) is 0 Å². The lowest BCUT2D eigenvalue weighted by Gasteiger charge is -2.22. The molecule has 15 heavy (non-hydrogen) atoms. The van der Waals surface area contributed by atoms with Crippen LogP contribution in [0.3, 0.4) is 0 Å². The molecule has 1 N–H and O–H groups in total. The van der Waals surface area contributed by atoms with Gasteiger partial charge in [-0.1, -0.05) is 0 Å². The minimum absolute atomic E-state index is 0. The second-order valence-electron chi connectivity index (χ2n) is 3.77. The van der Waals surface area contributed by atoms with Crippen molar-refractivity contribution >= 4 is 24.8 Å². The van der Waals surface area contributed by atoms with Crippen LogP contribution in [0.25, 0.3) is 0 Å². The van der Waals surface area contributed by atoms with Gasteiger partial charge in [0.05, 0.1) is 0 Å². The summed E-state index contributed by atoms with van der Waals surface area (Å²) in [6, 6.07) is 4.24. The fourth-order valence-electron chi connectivity index (χ4n) is 1.95. The van der Waals surface area contributed by atoms with E-state index in [1.165, 1.54) is 37.9 Å². The number of nitrogens with zero attached hydrogens (tertiary/aromatic N) is 1. The standard InChI is InChI=1S/C11H16N2.2ClH/c1-2-11(9-13-5-1)8-10-3-6-12-7-4-10;;/h3-4,6-7,11,13H,1-2,5,8-9H2;2*1H. The average molecular weight is 249 g/mol. The Morgan fingerprint density at radius 1 is 1.27 bits per heavy atom. The van der Waals surface area contributed by atoms with Gasteiger partial charge < -0.3 is 5.32 Å². The Labute approximate surface area is 104 Å². The number of halogens is 2. The van der Waals surface area contributed by atoms with Gasteiger partial charge in [0.2, 0.25) is 0 Å². The van der Waals surface area contributed by atoms with E-state index in [2.05, 4.69) is 22.4 Å². The predicted octanol–water partition coefficient (Wildman–Crippen LogP) is 2.47. The van der Waals surface area contributed by atoms with E-state index in [-0.39, 0.29) is 24.8 Å². The first-order valence-electron chi connectivity index (χ1n) is 5.05. The quantitative estimate of drug-likeness (QED) is 0.870. The maximum absolute atomic E-state index is 4.02. The Hall–Kier alpha value is -0.310. The summed E-state index contributed by atoms with van der Waals surface area (Å²) >= 11 is 0. The summed E-state index contributed by atoms with van der Waals surface area (Å²) in [4.78, 5) is 4.02. The second-order valence-corrected chi connectivity index (χ2v) is 3.77. The Morgan fingerprint density at radius 2 is 2.00 bits per heavy atom. The number of hydrogen-bond donors (Lipinski definition) is 1. The van der Waals surface area contributed by atoms with E-state index in [4.69, 9.17) is 0 Å². The summed E-state index contributed by atoms with van der Waals surface area (Å²) < 4.78 is 0. The van der Waals surface area contributed by atoms with Crippen molar-refractivity contribution in [1.29, 1.82) is 0 Å². The third-order valence-electron chi connectivity index (χ3n) is 2.67. The molecule has 0 aromatic carbocycles. The molecule has 0 saturated carbocycles. The molecule has 1 aliphatic heterocycles. The first-order chi connectivity index (χ1) is 6.45. The molecule has 1 aliphatic rings. The van der Waals surface area contributed by atoms with E-state index in [0.717, 1.165) is 5.92 Å². The van der Waals surface area contributed by atoms with Gasteiger partial charge in [-0.2, -0.15) is 0 Å². The van der Waals surface area contributed by atoms with Gasteiger partial charge in [-0.15, -0.1) is 24.8 Å². The summed E-state index contributed by atoms with van der Waals surface area (Å²) in [5.41, 5.74) is 1.42. The minimum atomic E-state index is 0. The molecule has 1 saturated heterocycles. The molecule has 1 unspecified atom stereocenters. The first kappa shape index (κ1) is 14.7. The van der Waals surface area contributed by atoms with Crippen molar-refractivity contribution in [1.82, 2.24) is 10.3 Å². The molecule has 0 aliphatic carbocycles. The highest BCUT2D eigenvalue weighted by molar-refractivity contribution is 5.85. The Balaban J connectivity index is 0.000000980. The Morgan fingerprint density at radius 3 is 2.60 bits per heavy atom. The zero-order valence-electron chi connectivity index (χ0n) is 8.69. The normalized spacial score (nSPS) is 19.9. The van der Waals surface area contributed by atoms with Gasteiger partial charge in [0.1, 0.15) is 0 Å². The van der Waals surface area contributed by atoms with Crippen molar-refractivity contribution < 1.29 is 0 Å². The number of hydrogen-bond acceptors (Lipinski definition) is 2. The first-order valence-corrected chi connectivity index (χ1v) is 5.05. The van der Waals surface area contributed by atoms with Gasteiger partial charge in [-0.05, 0) is 56.0 Å². The molecule has 0 bridgehead atoms. The molecular formula is C11H18Cl2N2. The minimum Gasteiger partial charge on any atom is -0.316 e. The van der Waals surface area contributed by atoms with Crippen LogP contribution in [-0.2, 0) is 6.42 Å². The van der Waals surface area contributed by atoms with Crippen LogP contribution in [-0.4, -0.2) is 18.1 Å². The van der Waals surface area contributed by atoms with E-state index >= 15 is 0 Å². The third kappa shape index (κ3) is 4.83. The van der Waals surface area contributed by atoms with Crippen molar-refractivity contribution in [3.8, 4) is 0 Å². The summed E-state index contributed by atoms with van der Waals surface area (Å²) in [5, 5.41) is 3.44. The van der Waals surface area contributed by atoms with Crippen LogP contribution in [0.5, 0.6) is 0 Å². The van der Waals surface area contributed by atoms with Gasteiger partial charge in [-0.25, -0.2) is 0 Å². The van der Waals surface area contributed by atoms with Gasteiger partial charge in [-0.3, -0.25) is 4.98 Å². The van der Waals surface area contributed by atoms with Crippen molar-refractivity contribution in [3.05, 3.63) is 30.1 Å². The molecule has 0 spiro atoms. The van der Waals surface area contributed by atoms with Crippen LogP contribution in [0.2, 0.25) is 0 Å². The van der Waals surface area contributed by atoms with Crippen LogP contribution < -0.4 is 5.32 Å². The maximum Gasteiger partial charge on any atom is 0.0270 e. The lowest BCUT2D eigenvalue weighted by molar-refractivity contribution is 0.376. The van der Waals surface area contributed by atoms with Gasteiger partial charge in [0.15, 0.2) is 0 Å². The zero-order chi connectivity index (χ0) is 8.93. The largest absolute Gasteiger partial charge is 0.316 e. The molecule has 0 amide bonds. The molecule has 2 nitrogen and oxygen atoms in total. The van der Waals surface area contributed by atoms with Crippen LogP contribution in [0.4, 0.5) is 0 Å². The SMILES string of the molecule is Cl.Cl.c1cc(CC2CCCNC2)ccn1. The van der Waals surface area contributed by atoms with Crippen molar-refractivity contribution in [2.45, 2.75) is 19.3 Å². The van der Waals surface area contributed by atoms with Crippen LogP contribution in [0.15, 0.2) is 24.5 Å². The number of piperidine rings is 1. The lowest BCUT2D eigenvalue weighted by Crippen LogP contribution is -2.30. The molecule has 1 aromatic rings. The van der Waals surface area contributed by atoms with Gasteiger partial charge in [0.25, 0.3) is 0 Å². The molecule has 4 heteroatoms. The molecule has 1 aromatic heterocycles. The number of rotatable bonds is 2. The molecule has 86 valence electrons. The van der Waals surface area contributed by atoms with Crippen molar-refractivity contribution in [3.63, 3.8) is 0 Å². The van der Waals surface area contributed by atoms with E-state index < -0.39 is 0 Å². The Kier molecular flexibility index (Phi) is 7.75. The smallest absolute Gasteiger partial charge is 0.0270 e. The zero-order valence-corrected chi connectivity index (χ0v) is 10.3. The number of pyridine rings is 1. The molecular weight excluding hydrogens is 231 g/mol. The number of aromatic nitrogens is 1. The van der Waals surface area contributed by atoms with Crippen LogP contribution >= 0.6 is 24.8 Å². The summed E-state index contributed by atoms with van der Waals surface area (Å²) in [5.74, 6) is 0.830. The Bertz CT molecular complexity index is 248. The molecule has 2 heterocycles. The molecule has 2 rings (SSSR count). The summed E-state index contributed by atoms with van der Waals surface area (Å²) in [6.45, 7) is 2.38. The third-order valence-corrected chi connectivity index (χ3v) is 2.67. The van der Waals surface area contributed by atoms with Gasteiger partial charge >= 0.3 is 0 Å². The molecule has 1 atom stereocenters. The van der Waals surface area contributed by atoms with Gasteiger partial charge in [0, 0.05) is 12.4 Å². The van der Waals surface area contributed by atoms with E-state index in [0.29, 0.717) is 0 Å². The fraction of sp³-hybridized carbons (Fsp3) is 0.545. The van der Waals surface area contributed by atoms with Crippen molar-refractivity contribution in [2.75, 3.05) is 13.1 Å². The molecule has 0 radical (unpaired) electrons. The number of nitrogens with one attached hydrogen (secondary N) is 1. The fourth-order valence-corrected chi connectivity index (χ4v) is 1.95. The van der Waals surface area contributed by atoms with Crippen molar-refractivity contribution in [2.24, 2.45) is 5.92 Å². The van der Waals surface area contributed by atoms with Crippen LogP contribution in [0.1, 0.15) is 18.4 Å². The highest BCUT2D eigenvalue weighted by Gasteiger charge is 2.12. The highest BCUT2D eigenvalue weighted by atomic mass is 35.5. The predicted molar refractivity (Wildman–Crippen MR) is 68.0 cm³/mol. The average Bonchev–Trinajstić information content (AvgIpc) is 2.21. The van der Waals surface area contributed by atoms with E-state index in [9.17, 15) is 0 Å². The maximum atomic E-state index is 4.02. The summed E-state index contributed by atoms with van der Waals surface area (Å²) in [6.07, 6.45) is 7.66. The highest BCUT2D eigenvalue weighted by Crippen LogP contribution is 2.15. The lowest BCUT2D eigenvalue weighted by atomic mass is 9.93. The summed E-state index contributed by atoms with van der Waals surface area (Å²) in [7, 11) is 0. The second kappa shape index (κ2) is 7.91. The topological polar surface area (TPSA) is 24.9 Å². The monoisotopic (exact) mass is 248 g/mol. The molecule has 1 fully saturated rings. The van der Waals surface area contributed by atoms with Crippen LogP contribution in [0, 0.1) is 5.92 Å². The van der Waals surface area contributed by atoms with E-state index in [1.807, 2.05) is 12.4 Å².